The first-order valence-corrected chi connectivity index (χ1v) is 10.9. The van der Waals surface area contributed by atoms with Crippen LogP contribution in [0.4, 0.5) is 5.69 Å². The maximum absolute atomic E-state index is 13.1. The smallest absolute Gasteiger partial charge is 0.254 e. The summed E-state index contributed by atoms with van der Waals surface area (Å²) in [7, 11) is 0. The van der Waals surface area contributed by atoms with Gasteiger partial charge in [0.2, 0.25) is 12.7 Å². The van der Waals surface area contributed by atoms with Crippen molar-refractivity contribution in [3.63, 3.8) is 0 Å². The summed E-state index contributed by atoms with van der Waals surface area (Å²) in [6.45, 7) is 1.26. The van der Waals surface area contributed by atoms with Crippen LogP contribution in [-0.4, -0.2) is 30.1 Å². The highest BCUT2D eigenvalue weighted by atomic mass is 16.7. The normalized spacial score (nSPS) is 16.6. The van der Waals surface area contributed by atoms with Crippen LogP contribution in [-0.2, 0) is 17.8 Å². The van der Waals surface area contributed by atoms with Crippen LogP contribution in [0.1, 0.15) is 34.5 Å². The third-order valence-corrected chi connectivity index (χ3v) is 6.14. The molecule has 0 saturated heterocycles. The number of hydrogen-bond acceptors (Lipinski definition) is 5. The summed E-state index contributed by atoms with van der Waals surface area (Å²) in [5, 5.41) is 2.98. The van der Waals surface area contributed by atoms with Gasteiger partial charge in [-0.05, 0) is 49.2 Å². The van der Waals surface area contributed by atoms with E-state index in [0.29, 0.717) is 36.6 Å². The highest BCUT2D eigenvalue weighted by Gasteiger charge is 2.30. The molecule has 2 amide bonds. The molecule has 32 heavy (non-hydrogen) atoms. The van der Waals surface area contributed by atoms with Crippen LogP contribution < -0.4 is 14.8 Å². The van der Waals surface area contributed by atoms with Gasteiger partial charge in [0.1, 0.15) is 11.5 Å². The van der Waals surface area contributed by atoms with Gasteiger partial charge in [-0.1, -0.05) is 12.1 Å². The van der Waals surface area contributed by atoms with E-state index in [0.717, 1.165) is 41.2 Å². The molecule has 0 bridgehead atoms. The quantitative estimate of drug-likeness (QED) is 0.670. The monoisotopic (exact) mass is 430 g/mol. The topological polar surface area (TPSA) is 81.0 Å². The van der Waals surface area contributed by atoms with Crippen LogP contribution in [0.5, 0.6) is 11.5 Å². The Morgan fingerprint density at radius 3 is 2.75 bits per heavy atom. The fourth-order valence-electron chi connectivity index (χ4n) is 4.20. The summed E-state index contributed by atoms with van der Waals surface area (Å²) < 4.78 is 16.9. The van der Waals surface area contributed by atoms with Gasteiger partial charge >= 0.3 is 0 Å². The van der Waals surface area contributed by atoms with Gasteiger partial charge in [-0.3, -0.25) is 9.59 Å². The first-order valence-electron chi connectivity index (χ1n) is 10.9. The molecule has 1 saturated carbocycles. The molecule has 2 aromatic carbocycles. The third kappa shape index (κ3) is 3.49. The number of nitrogens with zero attached hydrogens (tertiary/aromatic N) is 1. The number of rotatable bonds is 4. The Hall–Kier alpha value is -3.74. The zero-order valence-corrected chi connectivity index (χ0v) is 17.4. The van der Waals surface area contributed by atoms with Crippen LogP contribution >= 0.6 is 0 Å². The Bertz CT molecular complexity index is 1230. The average Bonchev–Trinajstić information content (AvgIpc) is 3.41. The predicted molar refractivity (Wildman–Crippen MR) is 117 cm³/mol. The lowest BCUT2D eigenvalue weighted by Gasteiger charge is -2.26. The van der Waals surface area contributed by atoms with Crippen molar-refractivity contribution in [1.82, 2.24) is 4.90 Å². The summed E-state index contributed by atoms with van der Waals surface area (Å²) in [6, 6.07) is 15.0. The molecule has 3 aliphatic rings. The number of benzene rings is 2. The second kappa shape index (κ2) is 7.44. The minimum absolute atomic E-state index is 0.0403. The van der Waals surface area contributed by atoms with Crippen molar-refractivity contribution in [3.8, 4) is 22.8 Å². The van der Waals surface area contributed by atoms with E-state index in [-0.39, 0.29) is 24.5 Å². The molecule has 1 aromatic heterocycles. The largest absolute Gasteiger partial charge is 0.461 e. The molecule has 162 valence electrons. The Morgan fingerprint density at radius 2 is 1.88 bits per heavy atom. The van der Waals surface area contributed by atoms with Crippen molar-refractivity contribution in [2.75, 3.05) is 18.7 Å². The zero-order chi connectivity index (χ0) is 21.7. The summed E-state index contributed by atoms with van der Waals surface area (Å²) in [5.41, 5.74) is 3.27. The van der Waals surface area contributed by atoms with Crippen molar-refractivity contribution >= 4 is 17.5 Å². The predicted octanol–water partition coefficient (Wildman–Crippen LogP) is 4.22. The van der Waals surface area contributed by atoms with Crippen LogP contribution in [0.15, 0.2) is 52.9 Å². The van der Waals surface area contributed by atoms with Gasteiger partial charge in [0.05, 0.1) is 0 Å². The Morgan fingerprint density at radius 1 is 1.00 bits per heavy atom. The lowest BCUT2D eigenvalue weighted by atomic mass is 10.1. The Kier molecular flexibility index (Phi) is 4.41. The van der Waals surface area contributed by atoms with E-state index in [4.69, 9.17) is 13.9 Å². The van der Waals surface area contributed by atoms with Gasteiger partial charge in [-0.2, -0.15) is 0 Å². The highest BCUT2D eigenvalue weighted by Crippen LogP contribution is 2.35. The fraction of sp³-hybridized carbons (Fsp3) is 0.280. The molecule has 2 aliphatic heterocycles. The van der Waals surface area contributed by atoms with E-state index in [1.807, 2.05) is 35.2 Å². The minimum atomic E-state index is -0.0403. The molecule has 6 rings (SSSR count). The van der Waals surface area contributed by atoms with Crippen molar-refractivity contribution in [2.45, 2.75) is 25.8 Å². The number of furan rings is 1. The van der Waals surface area contributed by atoms with E-state index in [1.54, 1.807) is 18.2 Å². The van der Waals surface area contributed by atoms with E-state index < -0.39 is 0 Å². The Labute approximate surface area is 184 Å². The molecule has 0 spiro atoms. The molecule has 1 fully saturated rings. The van der Waals surface area contributed by atoms with E-state index in [9.17, 15) is 9.59 Å². The molecule has 1 N–H and O–H groups in total. The number of fused-ring (bicyclic) bond motifs is 2. The van der Waals surface area contributed by atoms with Crippen LogP contribution in [0.3, 0.4) is 0 Å². The van der Waals surface area contributed by atoms with Crippen molar-refractivity contribution < 1.29 is 23.5 Å². The van der Waals surface area contributed by atoms with Gasteiger partial charge in [-0.15, -0.1) is 0 Å². The minimum Gasteiger partial charge on any atom is -0.461 e. The molecule has 0 unspecified atom stereocenters. The number of carbonyl (C=O) groups excluding carboxylic acids is 2. The maximum Gasteiger partial charge on any atom is 0.254 e. The molecule has 1 aliphatic carbocycles. The van der Waals surface area contributed by atoms with Gasteiger partial charge < -0.3 is 24.1 Å². The molecular weight excluding hydrogens is 408 g/mol. The molecule has 0 radical (unpaired) electrons. The molecule has 7 heteroatoms. The highest BCUT2D eigenvalue weighted by molar-refractivity contribution is 5.95. The molecular formula is C25H22N2O5. The lowest BCUT2D eigenvalue weighted by Crippen LogP contribution is -2.35. The van der Waals surface area contributed by atoms with Crippen LogP contribution in [0.25, 0.3) is 11.3 Å². The SMILES string of the molecule is O=C(Nc1cccc(-c2cc3c(o2)CCN(C(=O)c2ccc4c(c2)OCO4)C3)c1)C1CC1. The molecule has 0 atom stereocenters. The van der Waals surface area contributed by atoms with E-state index in [2.05, 4.69) is 5.32 Å². The average molecular weight is 430 g/mol. The summed E-state index contributed by atoms with van der Waals surface area (Å²) >= 11 is 0. The molecule has 3 aromatic rings. The van der Waals surface area contributed by atoms with E-state index in [1.165, 1.54) is 0 Å². The third-order valence-electron chi connectivity index (χ3n) is 6.14. The van der Waals surface area contributed by atoms with Crippen molar-refractivity contribution in [3.05, 3.63) is 65.4 Å². The van der Waals surface area contributed by atoms with Gasteiger partial charge in [-0.25, -0.2) is 0 Å². The fourth-order valence-corrected chi connectivity index (χ4v) is 4.20. The second-order valence-corrected chi connectivity index (χ2v) is 8.45. The second-order valence-electron chi connectivity index (χ2n) is 8.45. The number of ether oxygens (including phenoxy) is 2. The van der Waals surface area contributed by atoms with Gasteiger partial charge in [0, 0.05) is 47.8 Å². The van der Waals surface area contributed by atoms with Gasteiger partial charge in [0.25, 0.3) is 5.91 Å². The maximum atomic E-state index is 13.1. The van der Waals surface area contributed by atoms with Crippen molar-refractivity contribution in [1.29, 1.82) is 0 Å². The first-order chi connectivity index (χ1) is 15.6. The van der Waals surface area contributed by atoms with Crippen LogP contribution in [0.2, 0.25) is 0 Å². The summed E-state index contributed by atoms with van der Waals surface area (Å²) in [5.74, 6) is 3.12. The van der Waals surface area contributed by atoms with Crippen LogP contribution in [0, 0.1) is 5.92 Å². The van der Waals surface area contributed by atoms with Gasteiger partial charge in [0.15, 0.2) is 11.5 Å². The zero-order valence-electron chi connectivity index (χ0n) is 17.4. The number of carbonyl (C=O) groups is 2. The lowest BCUT2D eigenvalue weighted by molar-refractivity contribution is -0.117. The van der Waals surface area contributed by atoms with Crippen molar-refractivity contribution in [2.24, 2.45) is 5.92 Å². The Balaban J connectivity index is 1.19. The number of nitrogens with one attached hydrogen (secondary N) is 1. The molecule has 7 nitrogen and oxygen atoms in total. The molecule has 3 heterocycles. The standard InChI is InChI=1S/C25H22N2O5/c28-24(15-4-5-15)26-19-3-1-2-16(10-19)22-12-18-13-27(9-8-20(18)32-22)25(29)17-6-7-21-23(11-17)31-14-30-21/h1-3,6-7,10-12,15H,4-5,8-9,13-14H2,(H,26,28). The summed E-state index contributed by atoms with van der Waals surface area (Å²) in [6.07, 6.45) is 2.60. The first kappa shape index (κ1) is 19.0. The summed E-state index contributed by atoms with van der Waals surface area (Å²) in [4.78, 5) is 27.0. The van der Waals surface area contributed by atoms with E-state index >= 15 is 0 Å². The number of hydrogen-bond donors (Lipinski definition) is 1. The number of anilines is 1. The number of amides is 2.